The van der Waals surface area contributed by atoms with E-state index >= 15 is 0 Å². The minimum atomic E-state index is -0.297. The van der Waals surface area contributed by atoms with Gasteiger partial charge in [-0.05, 0) is 42.9 Å². The number of halogens is 1. The molecular formula is C16H21FO2. The molecule has 0 fully saturated rings. The summed E-state index contributed by atoms with van der Waals surface area (Å²) in [5.74, 6) is -0.297. The Morgan fingerprint density at radius 3 is 2.21 bits per heavy atom. The zero-order valence-electron chi connectivity index (χ0n) is 11.7. The van der Waals surface area contributed by atoms with Gasteiger partial charge in [-0.15, -0.1) is 0 Å². The number of aryl methyl sites for hydroxylation is 1. The molecule has 0 unspecified atom stereocenters. The number of benzene rings is 1. The van der Waals surface area contributed by atoms with Crippen molar-refractivity contribution in [3.63, 3.8) is 0 Å². The van der Waals surface area contributed by atoms with Gasteiger partial charge in [0.2, 0.25) is 0 Å². The van der Waals surface area contributed by atoms with E-state index in [1.807, 2.05) is 13.8 Å². The number of hydrogen-bond acceptors (Lipinski definition) is 2. The molecule has 0 spiro atoms. The molecule has 1 aromatic rings. The summed E-state index contributed by atoms with van der Waals surface area (Å²) in [6, 6.07) is 1.52. The van der Waals surface area contributed by atoms with Gasteiger partial charge in [0.25, 0.3) is 0 Å². The van der Waals surface area contributed by atoms with E-state index in [-0.39, 0.29) is 11.4 Å². The highest BCUT2D eigenvalue weighted by atomic mass is 19.1. The van der Waals surface area contributed by atoms with Crippen LogP contribution in [0.3, 0.4) is 0 Å². The Bertz CT molecular complexity index is 453. The number of carbonyl (C=O) groups excluding carboxylic acids is 2. The topological polar surface area (TPSA) is 34.1 Å². The number of hydrogen-bond donors (Lipinski definition) is 0. The second-order valence-corrected chi connectivity index (χ2v) is 4.77. The van der Waals surface area contributed by atoms with Crippen molar-refractivity contribution in [2.45, 2.75) is 52.4 Å². The second-order valence-electron chi connectivity index (χ2n) is 4.77. The van der Waals surface area contributed by atoms with Crippen LogP contribution in [-0.2, 0) is 12.8 Å². The van der Waals surface area contributed by atoms with Gasteiger partial charge in [-0.1, -0.05) is 26.7 Å². The second kappa shape index (κ2) is 7.82. The Kier molecular flexibility index (Phi) is 6.40. The summed E-state index contributed by atoms with van der Waals surface area (Å²) in [5.41, 5.74) is 1.50. The molecule has 1 rings (SSSR count). The summed E-state index contributed by atoms with van der Waals surface area (Å²) in [6.45, 7) is 4.05. The minimum absolute atomic E-state index is 0.223. The summed E-state index contributed by atoms with van der Waals surface area (Å²) in [4.78, 5) is 22.2. The quantitative estimate of drug-likeness (QED) is 0.661. The molecular weight excluding hydrogens is 243 g/mol. The molecule has 3 heteroatoms. The summed E-state index contributed by atoms with van der Waals surface area (Å²) >= 11 is 0. The van der Waals surface area contributed by atoms with Crippen LogP contribution in [0.4, 0.5) is 4.39 Å². The lowest BCUT2D eigenvalue weighted by atomic mass is 9.93. The molecule has 0 N–H and O–H groups in total. The molecule has 0 heterocycles. The zero-order valence-corrected chi connectivity index (χ0v) is 11.7. The lowest BCUT2D eigenvalue weighted by Crippen LogP contribution is -2.07. The van der Waals surface area contributed by atoms with Crippen molar-refractivity contribution in [2.75, 3.05) is 0 Å². The fourth-order valence-electron chi connectivity index (χ4n) is 2.20. The fraction of sp³-hybridized carbons (Fsp3) is 0.500. The highest BCUT2D eigenvalue weighted by Gasteiger charge is 2.17. The van der Waals surface area contributed by atoms with Crippen molar-refractivity contribution in [1.82, 2.24) is 0 Å². The lowest BCUT2D eigenvalue weighted by Gasteiger charge is -2.13. The maximum atomic E-state index is 14.4. The smallest absolute Gasteiger partial charge is 0.151 e. The van der Waals surface area contributed by atoms with Gasteiger partial charge < -0.3 is 0 Å². The third-order valence-electron chi connectivity index (χ3n) is 3.34. The van der Waals surface area contributed by atoms with E-state index in [1.165, 1.54) is 6.07 Å². The van der Waals surface area contributed by atoms with Crippen LogP contribution in [0.1, 0.15) is 71.4 Å². The van der Waals surface area contributed by atoms with E-state index in [1.54, 1.807) is 0 Å². The van der Waals surface area contributed by atoms with Crippen molar-refractivity contribution < 1.29 is 14.0 Å². The highest BCUT2D eigenvalue weighted by molar-refractivity contribution is 5.92. The Balaban J connectivity index is 3.28. The van der Waals surface area contributed by atoms with Gasteiger partial charge in [0.15, 0.2) is 12.6 Å². The number of carbonyl (C=O) groups is 2. The first-order valence-corrected chi connectivity index (χ1v) is 6.94. The minimum Gasteiger partial charge on any atom is -0.298 e. The van der Waals surface area contributed by atoms with E-state index in [2.05, 4.69) is 0 Å². The van der Waals surface area contributed by atoms with Crippen molar-refractivity contribution >= 4 is 12.6 Å². The van der Waals surface area contributed by atoms with Crippen LogP contribution >= 0.6 is 0 Å². The molecule has 0 bridgehead atoms. The van der Waals surface area contributed by atoms with Crippen LogP contribution in [0.5, 0.6) is 0 Å². The maximum Gasteiger partial charge on any atom is 0.151 e. The lowest BCUT2D eigenvalue weighted by molar-refractivity contribution is 0.109. The fourth-order valence-corrected chi connectivity index (χ4v) is 2.20. The Morgan fingerprint density at radius 2 is 1.68 bits per heavy atom. The van der Waals surface area contributed by atoms with E-state index in [4.69, 9.17) is 0 Å². The molecule has 0 aliphatic rings. The van der Waals surface area contributed by atoms with Gasteiger partial charge in [-0.25, -0.2) is 4.39 Å². The molecule has 1 aromatic carbocycles. The Hall–Kier alpha value is -1.51. The summed E-state index contributed by atoms with van der Waals surface area (Å²) in [5, 5.41) is 0. The van der Waals surface area contributed by atoms with E-state index in [9.17, 15) is 14.0 Å². The first-order chi connectivity index (χ1) is 9.19. The van der Waals surface area contributed by atoms with Crippen molar-refractivity contribution in [2.24, 2.45) is 0 Å². The summed E-state index contributed by atoms with van der Waals surface area (Å²) in [7, 11) is 0. The molecule has 0 amide bonds. The Morgan fingerprint density at radius 1 is 1.05 bits per heavy atom. The van der Waals surface area contributed by atoms with Crippen LogP contribution in [-0.4, -0.2) is 12.6 Å². The molecule has 0 aromatic heterocycles. The number of rotatable bonds is 8. The molecule has 0 radical (unpaired) electrons. The average Bonchev–Trinajstić information content (AvgIpc) is 2.44. The van der Waals surface area contributed by atoms with Gasteiger partial charge in [-0.3, -0.25) is 9.59 Å². The van der Waals surface area contributed by atoms with Gasteiger partial charge in [0, 0.05) is 11.1 Å². The Labute approximate surface area is 114 Å². The third-order valence-corrected chi connectivity index (χ3v) is 3.34. The molecule has 19 heavy (non-hydrogen) atoms. The maximum absolute atomic E-state index is 14.4. The average molecular weight is 264 g/mol. The molecule has 0 atom stereocenters. The standard InChI is InChI=1S/C16H21FO2/c1-3-5-7-12-9-13(10-18)15(11-19)14(16(12)17)8-6-4-2/h9-11H,3-8H2,1-2H3. The van der Waals surface area contributed by atoms with Crippen molar-refractivity contribution in [3.05, 3.63) is 34.1 Å². The van der Waals surface area contributed by atoms with Crippen LogP contribution in [0.15, 0.2) is 6.07 Å². The molecule has 2 nitrogen and oxygen atoms in total. The first-order valence-electron chi connectivity index (χ1n) is 6.94. The van der Waals surface area contributed by atoms with Gasteiger partial charge in [0.05, 0.1) is 0 Å². The monoisotopic (exact) mass is 264 g/mol. The normalized spacial score (nSPS) is 10.5. The van der Waals surface area contributed by atoms with E-state index < -0.39 is 0 Å². The molecule has 104 valence electrons. The highest BCUT2D eigenvalue weighted by Crippen LogP contribution is 2.23. The van der Waals surface area contributed by atoms with Crippen LogP contribution in [0, 0.1) is 5.82 Å². The largest absolute Gasteiger partial charge is 0.298 e. The van der Waals surface area contributed by atoms with E-state index in [0.29, 0.717) is 42.1 Å². The number of aldehydes is 2. The van der Waals surface area contributed by atoms with Gasteiger partial charge in [-0.2, -0.15) is 0 Å². The molecule has 0 saturated heterocycles. The van der Waals surface area contributed by atoms with Crippen LogP contribution < -0.4 is 0 Å². The molecule has 0 aliphatic heterocycles. The van der Waals surface area contributed by atoms with E-state index in [0.717, 1.165) is 25.7 Å². The summed E-state index contributed by atoms with van der Waals surface area (Å²) < 4.78 is 14.4. The van der Waals surface area contributed by atoms with Crippen LogP contribution in [0.25, 0.3) is 0 Å². The van der Waals surface area contributed by atoms with Crippen molar-refractivity contribution in [3.8, 4) is 0 Å². The van der Waals surface area contributed by atoms with Gasteiger partial charge >= 0.3 is 0 Å². The van der Waals surface area contributed by atoms with Gasteiger partial charge in [0.1, 0.15) is 5.82 Å². The third kappa shape index (κ3) is 3.72. The molecule has 0 saturated carbocycles. The first kappa shape index (κ1) is 15.5. The molecule has 0 aliphatic carbocycles. The number of unbranched alkanes of at least 4 members (excludes halogenated alkanes) is 2. The zero-order chi connectivity index (χ0) is 14.3. The van der Waals surface area contributed by atoms with Crippen LogP contribution in [0.2, 0.25) is 0 Å². The predicted octanol–water partition coefficient (Wildman–Crippen LogP) is 4.14. The van der Waals surface area contributed by atoms with Crippen molar-refractivity contribution in [1.29, 1.82) is 0 Å². The predicted molar refractivity (Wildman–Crippen MR) is 74.4 cm³/mol. The SMILES string of the molecule is CCCCc1cc(C=O)c(C=O)c(CCCC)c1F. The summed E-state index contributed by atoms with van der Waals surface area (Å²) in [6.07, 6.45) is 5.95.